The van der Waals surface area contributed by atoms with Gasteiger partial charge in [-0.2, -0.15) is 0 Å². The number of aryl methyl sites for hydroxylation is 2. The molecule has 21 heavy (non-hydrogen) atoms. The average Bonchev–Trinajstić information content (AvgIpc) is 2.46. The predicted octanol–water partition coefficient (Wildman–Crippen LogP) is 3.19. The third-order valence-corrected chi connectivity index (χ3v) is 3.36. The van der Waals surface area contributed by atoms with Gasteiger partial charge in [-0.05, 0) is 50.6 Å². The Morgan fingerprint density at radius 2 is 2.00 bits per heavy atom. The lowest BCUT2D eigenvalue weighted by atomic mass is 9.98. The third-order valence-electron chi connectivity index (χ3n) is 3.36. The Hall–Kier alpha value is -1.94. The summed E-state index contributed by atoms with van der Waals surface area (Å²) in [7, 11) is 0. The molecule has 0 saturated heterocycles. The number of ether oxygens (including phenoxy) is 1. The summed E-state index contributed by atoms with van der Waals surface area (Å²) >= 11 is 0. The van der Waals surface area contributed by atoms with Crippen LogP contribution in [0.2, 0.25) is 0 Å². The topological polar surface area (TPSA) is 47.0 Å². The van der Waals surface area contributed by atoms with Gasteiger partial charge in [0.1, 0.15) is 5.75 Å². The smallest absolute Gasteiger partial charge is 0.137 e. The lowest BCUT2D eigenvalue weighted by Gasteiger charge is -2.21. The highest BCUT2D eigenvalue weighted by Gasteiger charge is 2.17. The molecule has 4 heteroatoms. The molecule has 0 saturated carbocycles. The van der Waals surface area contributed by atoms with Crippen LogP contribution < -0.4 is 10.1 Å². The Labute approximate surface area is 126 Å². The largest absolute Gasteiger partial charge is 0.492 e. The number of hydrogen-bond donors (Lipinski definition) is 1. The molecule has 0 fully saturated rings. The van der Waals surface area contributed by atoms with Crippen LogP contribution in [0, 0.1) is 13.8 Å². The second-order valence-electron chi connectivity index (χ2n) is 5.00. The Kier molecular flexibility index (Phi) is 5.28. The summed E-state index contributed by atoms with van der Waals surface area (Å²) in [5.41, 5.74) is 4.35. The fraction of sp³-hybridized carbons (Fsp3) is 0.412. The quantitative estimate of drug-likeness (QED) is 0.885. The van der Waals surface area contributed by atoms with Crippen molar-refractivity contribution in [1.82, 2.24) is 15.3 Å². The van der Waals surface area contributed by atoms with Gasteiger partial charge in [0.25, 0.3) is 0 Å². The maximum Gasteiger partial charge on any atom is 0.137 e. The van der Waals surface area contributed by atoms with Crippen molar-refractivity contribution >= 4 is 0 Å². The highest BCUT2D eigenvalue weighted by Crippen LogP contribution is 2.26. The van der Waals surface area contributed by atoms with Gasteiger partial charge in [0.05, 0.1) is 18.8 Å². The number of pyridine rings is 2. The van der Waals surface area contributed by atoms with Crippen LogP contribution in [-0.4, -0.2) is 23.1 Å². The molecule has 0 spiro atoms. The minimum Gasteiger partial charge on any atom is -0.492 e. The molecule has 2 rings (SSSR count). The summed E-state index contributed by atoms with van der Waals surface area (Å²) in [5.74, 6) is 0.802. The van der Waals surface area contributed by atoms with Crippen molar-refractivity contribution in [2.45, 2.75) is 33.7 Å². The zero-order valence-corrected chi connectivity index (χ0v) is 13.2. The van der Waals surface area contributed by atoms with Crippen LogP contribution >= 0.6 is 0 Å². The van der Waals surface area contributed by atoms with E-state index in [4.69, 9.17) is 4.74 Å². The second-order valence-corrected chi connectivity index (χ2v) is 5.00. The number of nitrogens with one attached hydrogen (secondary N) is 1. The molecule has 0 bridgehead atoms. The van der Waals surface area contributed by atoms with E-state index in [1.54, 1.807) is 6.20 Å². The van der Waals surface area contributed by atoms with E-state index in [2.05, 4.69) is 28.3 Å². The lowest BCUT2D eigenvalue weighted by molar-refractivity contribution is 0.338. The minimum absolute atomic E-state index is 0.0796. The van der Waals surface area contributed by atoms with Gasteiger partial charge in [-0.15, -0.1) is 0 Å². The van der Waals surface area contributed by atoms with Gasteiger partial charge in [0.15, 0.2) is 0 Å². The maximum absolute atomic E-state index is 5.55. The number of aromatic nitrogens is 2. The van der Waals surface area contributed by atoms with Crippen LogP contribution in [-0.2, 0) is 0 Å². The molecule has 0 radical (unpaired) electrons. The molecule has 1 unspecified atom stereocenters. The van der Waals surface area contributed by atoms with Crippen molar-refractivity contribution in [1.29, 1.82) is 0 Å². The number of nitrogens with zero attached hydrogens (tertiary/aromatic N) is 2. The van der Waals surface area contributed by atoms with Crippen molar-refractivity contribution in [3.63, 3.8) is 0 Å². The molecule has 112 valence electrons. The first-order valence-electron chi connectivity index (χ1n) is 7.41. The Morgan fingerprint density at radius 3 is 2.67 bits per heavy atom. The van der Waals surface area contributed by atoms with E-state index in [-0.39, 0.29) is 6.04 Å². The standard InChI is InChI=1S/C17H23N3O/c1-5-19-17(16-8-7-12(3)20-13(16)4)14-9-15(21-6-2)11-18-10-14/h7-11,17,19H,5-6H2,1-4H3. The van der Waals surface area contributed by atoms with E-state index < -0.39 is 0 Å². The lowest BCUT2D eigenvalue weighted by Crippen LogP contribution is -2.23. The normalized spacial score (nSPS) is 12.2. The molecular formula is C17H23N3O. The van der Waals surface area contributed by atoms with Crippen LogP contribution in [0.3, 0.4) is 0 Å². The molecule has 2 heterocycles. The second kappa shape index (κ2) is 7.18. The van der Waals surface area contributed by atoms with E-state index in [0.717, 1.165) is 29.2 Å². The summed E-state index contributed by atoms with van der Waals surface area (Å²) in [5, 5.41) is 3.51. The summed E-state index contributed by atoms with van der Waals surface area (Å²) in [6.07, 6.45) is 3.63. The van der Waals surface area contributed by atoms with Crippen LogP contribution in [0.1, 0.15) is 42.4 Å². The monoisotopic (exact) mass is 285 g/mol. The average molecular weight is 285 g/mol. The van der Waals surface area contributed by atoms with Crippen LogP contribution in [0.4, 0.5) is 0 Å². The van der Waals surface area contributed by atoms with Crippen molar-refractivity contribution in [3.05, 3.63) is 53.1 Å². The molecule has 2 aromatic heterocycles. The van der Waals surface area contributed by atoms with Crippen LogP contribution in [0.25, 0.3) is 0 Å². The first kappa shape index (κ1) is 15.4. The fourth-order valence-corrected chi connectivity index (χ4v) is 2.45. The van der Waals surface area contributed by atoms with Crippen molar-refractivity contribution in [2.24, 2.45) is 0 Å². The van der Waals surface area contributed by atoms with Gasteiger partial charge in [-0.1, -0.05) is 13.0 Å². The molecular weight excluding hydrogens is 262 g/mol. The van der Waals surface area contributed by atoms with Gasteiger partial charge in [-0.3, -0.25) is 9.97 Å². The fourth-order valence-electron chi connectivity index (χ4n) is 2.45. The zero-order valence-electron chi connectivity index (χ0n) is 13.2. The zero-order chi connectivity index (χ0) is 15.2. The van der Waals surface area contributed by atoms with E-state index in [9.17, 15) is 0 Å². The molecule has 1 N–H and O–H groups in total. The Bertz CT molecular complexity index is 598. The minimum atomic E-state index is 0.0796. The van der Waals surface area contributed by atoms with Crippen molar-refractivity contribution < 1.29 is 4.74 Å². The van der Waals surface area contributed by atoms with Crippen LogP contribution in [0.15, 0.2) is 30.6 Å². The first-order valence-corrected chi connectivity index (χ1v) is 7.41. The molecule has 0 aliphatic rings. The van der Waals surface area contributed by atoms with Crippen molar-refractivity contribution in [2.75, 3.05) is 13.2 Å². The molecule has 4 nitrogen and oxygen atoms in total. The van der Waals surface area contributed by atoms with Gasteiger partial charge in [-0.25, -0.2) is 0 Å². The molecule has 1 atom stereocenters. The Morgan fingerprint density at radius 1 is 1.19 bits per heavy atom. The molecule has 0 aliphatic carbocycles. The van der Waals surface area contributed by atoms with E-state index in [1.807, 2.05) is 39.1 Å². The van der Waals surface area contributed by atoms with Crippen LogP contribution in [0.5, 0.6) is 5.75 Å². The maximum atomic E-state index is 5.55. The summed E-state index contributed by atoms with van der Waals surface area (Å²) in [6.45, 7) is 9.65. The number of rotatable bonds is 6. The van der Waals surface area contributed by atoms with Gasteiger partial charge < -0.3 is 10.1 Å². The summed E-state index contributed by atoms with van der Waals surface area (Å²) in [6, 6.07) is 6.31. The van der Waals surface area contributed by atoms with Gasteiger partial charge in [0.2, 0.25) is 0 Å². The van der Waals surface area contributed by atoms with E-state index in [1.165, 1.54) is 5.56 Å². The highest BCUT2D eigenvalue weighted by molar-refractivity contribution is 5.36. The molecule has 0 aliphatic heterocycles. The highest BCUT2D eigenvalue weighted by atomic mass is 16.5. The van der Waals surface area contributed by atoms with E-state index in [0.29, 0.717) is 6.61 Å². The number of hydrogen-bond acceptors (Lipinski definition) is 4. The molecule has 0 aromatic carbocycles. The summed E-state index contributed by atoms with van der Waals surface area (Å²) in [4.78, 5) is 8.86. The predicted molar refractivity (Wildman–Crippen MR) is 84.6 cm³/mol. The van der Waals surface area contributed by atoms with E-state index >= 15 is 0 Å². The SMILES string of the molecule is CCNC(c1cncc(OCC)c1)c1ccc(C)nc1C. The van der Waals surface area contributed by atoms with Crippen molar-refractivity contribution in [3.8, 4) is 5.75 Å². The first-order chi connectivity index (χ1) is 10.2. The van der Waals surface area contributed by atoms with Gasteiger partial charge >= 0.3 is 0 Å². The third kappa shape index (κ3) is 3.79. The van der Waals surface area contributed by atoms with Gasteiger partial charge in [0, 0.05) is 17.6 Å². The molecule has 0 amide bonds. The molecule has 2 aromatic rings. The summed E-state index contributed by atoms with van der Waals surface area (Å²) < 4.78 is 5.55. The Balaban J connectivity index is 2.40.